The molecule has 1 aliphatic heterocycles. The van der Waals surface area contributed by atoms with Gasteiger partial charge in [0.1, 0.15) is 11.9 Å². The summed E-state index contributed by atoms with van der Waals surface area (Å²) in [7, 11) is 1.62. The van der Waals surface area contributed by atoms with Gasteiger partial charge in [0.2, 0.25) is 5.91 Å². The molecule has 0 aliphatic carbocycles. The van der Waals surface area contributed by atoms with Gasteiger partial charge in [-0.1, -0.05) is 18.2 Å². The van der Waals surface area contributed by atoms with Crippen LogP contribution < -0.4 is 5.32 Å². The Morgan fingerprint density at radius 1 is 1.37 bits per heavy atom. The van der Waals surface area contributed by atoms with Crippen LogP contribution in [-0.2, 0) is 22.7 Å². The Kier molecular flexibility index (Phi) is 5.55. The summed E-state index contributed by atoms with van der Waals surface area (Å²) in [5, 5.41) is 16.5. The van der Waals surface area contributed by atoms with E-state index in [0.717, 1.165) is 12.1 Å². The molecule has 1 aliphatic rings. The Morgan fingerprint density at radius 3 is 2.74 bits per heavy atom. The van der Waals surface area contributed by atoms with Crippen LogP contribution in [0, 0.1) is 11.7 Å². The first-order chi connectivity index (χ1) is 12.9. The third-order valence-electron chi connectivity index (χ3n) is 5.11. The number of hydrogen-bond acceptors (Lipinski definition) is 4. The van der Waals surface area contributed by atoms with Crippen molar-refractivity contribution in [2.75, 3.05) is 7.05 Å². The lowest BCUT2D eigenvalue weighted by atomic mass is 9.92. The smallest absolute Gasteiger partial charge is 0.320 e. The Morgan fingerprint density at radius 2 is 2.11 bits per heavy atom. The van der Waals surface area contributed by atoms with Gasteiger partial charge in [-0.2, -0.15) is 5.10 Å². The number of carbonyl (C=O) groups is 2. The second-order valence-electron chi connectivity index (χ2n) is 6.75. The van der Waals surface area contributed by atoms with Crippen LogP contribution in [0.15, 0.2) is 36.7 Å². The summed E-state index contributed by atoms with van der Waals surface area (Å²) in [6, 6.07) is 4.72. The van der Waals surface area contributed by atoms with Gasteiger partial charge in [0.15, 0.2) is 0 Å². The van der Waals surface area contributed by atoms with E-state index in [1.54, 1.807) is 41.0 Å². The molecule has 1 aromatic heterocycles. The molecule has 0 unspecified atom stereocenters. The minimum atomic E-state index is -1.02. The molecule has 1 aromatic carbocycles. The highest BCUT2D eigenvalue weighted by Crippen LogP contribution is 2.41. The molecule has 3 atom stereocenters. The van der Waals surface area contributed by atoms with Crippen LogP contribution in [0.3, 0.4) is 0 Å². The molecule has 7 nitrogen and oxygen atoms in total. The van der Waals surface area contributed by atoms with Crippen molar-refractivity contribution < 1.29 is 19.1 Å². The van der Waals surface area contributed by atoms with Gasteiger partial charge in [-0.25, -0.2) is 4.39 Å². The van der Waals surface area contributed by atoms with E-state index < -0.39 is 29.8 Å². The Balaban J connectivity index is 1.80. The van der Waals surface area contributed by atoms with Gasteiger partial charge in [0.25, 0.3) is 0 Å². The molecule has 8 heteroatoms. The Bertz CT molecular complexity index is 838. The van der Waals surface area contributed by atoms with Crippen LogP contribution in [0.5, 0.6) is 0 Å². The Labute approximate surface area is 156 Å². The molecule has 27 heavy (non-hydrogen) atoms. The molecule has 1 amide bonds. The van der Waals surface area contributed by atoms with Gasteiger partial charge in [0.05, 0.1) is 12.1 Å². The first-order valence-electron chi connectivity index (χ1n) is 8.90. The lowest BCUT2D eigenvalue weighted by molar-refractivity contribution is -0.142. The third-order valence-corrected chi connectivity index (χ3v) is 5.11. The molecule has 0 saturated carbocycles. The summed E-state index contributed by atoms with van der Waals surface area (Å²) >= 11 is 0. The number of likely N-dealkylation sites (tertiary alicyclic amines) is 1. The number of carbonyl (C=O) groups excluding carboxylic acids is 1. The SMILES string of the molecule is CCn1cc(CNC(=O)[C@@H]2C[C@H](C(=O)O)N(C)[C@@H]2c2ccccc2F)cn1. The van der Waals surface area contributed by atoms with Crippen LogP contribution in [0.25, 0.3) is 0 Å². The summed E-state index contributed by atoms with van der Waals surface area (Å²) in [4.78, 5) is 26.0. The minimum Gasteiger partial charge on any atom is -0.480 e. The largest absolute Gasteiger partial charge is 0.480 e. The van der Waals surface area contributed by atoms with E-state index in [2.05, 4.69) is 10.4 Å². The van der Waals surface area contributed by atoms with E-state index in [9.17, 15) is 19.1 Å². The fourth-order valence-corrected chi connectivity index (χ4v) is 3.68. The van der Waals surface area contributed by atoms with E-state index in [0.29, 0.717) is 12.1 Å². The standard InChI is InChI=1S/C19H23FN4O3/c1-3-24-11-12(10-22-24)9-21-18(25)14-8-16(19(26)27)23(2)17(14)13-6-4-5-7-15(13)20/h4-7,10-11,14,16-17H,3,8-9H2,1-2H3,(H,21,25)(H,26,27)/t14-,16-,17-/m1/s1. The first-order valence-corrected chi connectivity index (χ1v) is 8.90. The molecule has 1 fully saturated rings. The summed E-state index contributed by atoms with van der Waals surface area (Å²) < 4.78 is 16.1. The lowest BCUT2D eigenvalue weighted by Gasteiger charge is -2.26. The highest BCUT2D eigenvalue weighted by atomic mass is 19.1. The van der Waals surface area contributed by atoms with Gasteiger partial charge in [-0.3, -0.25) is 19.2 Å². The van der Waals surface area contributed by atoms with Crippen molar-refractivity contribution in [3.05, 3.63) is 53.6 Å². The normalized spacial score (nSPS) is 22.7. The zero-order chi connectivity index (χ0) is 19.6. The number of amides is 1. The van der Waals surface area contributed by atoms with Gasteiger partial charge < -0.3 is 10.4 Å². The van der Waals surface area contributed by atoms with Crippen molar-refractivity contribution in [1.29, 1.82) is 0 Å². The number of hydrogen-bond donors (Lipinski definition) is 2. The van der Waals surface area contributed by atoms with Crippen LogP contribution in [0.2, 0.25) is 0 Å². The van der Waals surface area contributed by atoms with Crippen molar-refractivity contribution in [2.24, 2.45) is 5.92 Å². The summed E-state index contributed by atoms with van der Waals surface area (Å²) in [6.07, 6.45) is 3.65. The van der Waals surface area contributed by atoms with Crippen molar-refractivity contribution in [2.45, 2.75) is 38.5 Å². The molecule has 3 rings (SSSR count). The van der Waals surface area contributed by atoms with Crippen molar-refractivity contribution in [3.63, 3.8) is 0 Å². The number of carboxylic acid groups (broad SMARTS) is 1. The first kappa shape index (κ1) is 19.0. The molecule has 1 saturated heterocycles. The lowest BCUT2D eigenvalue weighted by Crippen LogP contribution is -2.36. The Hall–Kier alpha value is -2.74. The number of rotatable bonds is 6. The maximum absolute atomic E-state index is 14.4. The predicted molar refractivity (Wildman–Crippen MR) is 96.2 cm³/mol. The van der Waals surface area contributed by atoms with Crippen LogP contribution >= 0.6 is 0 Å². The molecule has 144 valence electrons. The average Bonchev–Trinajstić information content (AvgIpc) is 3.24. The number of likely N-dealkylation sites (N-methyl/N-ethyl adjacent to an activating group) is 1. The van der Waals surface area contributed by atoms with E-state index in [-0.39, 0.29) is 12.3 Å². The van der Waals surface area contributed by atoms with E-state index >= 15 is 0 Å². The predicted octanol–water partition coefficient (Wildman–Crippen LogP) is 1.80. The van der Waals surface area contributed by atoms with Crippen LogP contribution in [-0.4, -0.2) is 44.8 Å². The molecular formula is C19H23FN4O3. The van der Waals surface area contributed by atoms with E-state index in [4.69, 9.17) is 0 Å². The van der Waals surface area contributed by atoms with Crippen molar-refractivity contribution in [3.8, 4) is 0 Å². The number of aryl methyl sites for hydroxylation is 1. The molecule has 2 aromatic rings. The highest BCUT2D eigenvalue weighted by molar-refractivity contribution is 5.83. The van der Waals surface area contributed by atoms with Gasteiger partial charge in [-0.15, -0.1) is 0 Å². The highest BCUT2D eigenvalue weighted by Gasteiger charge is 2.47. The van der Waals surface area contributed by atoms with Crippen molar-refractivity contribution in [1.82, 2.24) is 20.0 Å². The molecular weight excluding hydrogens is 351 g/mol. The average molecular weight is 374 g/mol. The number of nitrogens with zero attached hydrogens (tertiary/aromatic N) is 3. The van der Waals surface area contributed by atoms with E-state index in [1.165, 1.54) is 6.07 Å². The van der Waals surface area contributed by atoms with Crippen LogP contribution in [0.4, 0.5) is 4.39 Å². The quantitative estimate of drug-likeness (QED) is 0.805. The maximum Gasteiger partial charge on any atom is 0.320 e. The number of carboxylic acids is 1. The molecule has 0 spiro atoms. The fourth-order valence-electron chi connectivity index (χ4n) is 3.68. The summed E-state index contributed by atoms with van der Waals surface area (Å²) in [5.74, 6) is -2.40. The zero-order valence-corrected chi connectivity index (χ0v) is 15.3. The molecule has 0 bridgehead atoms. The minimum absolute atomic E-state index is 0.130. The second-order valence-corrected chi connectivity index (χ2v) is 6.75. The van der Waals surface area contributed by atoms with Gasteiger partial charge in [0, 0.05) is 36.5 Å². The van der Waals surface area contributed by atoms with Crippen molar-refractivity contribution >= 4 is 11.9 Å². The number of benzene rings is 1. The number of nitrogens with one attached hydrogen (secondary N) is 1. The topological polar surface area (TPSA) is 87.5 Å². The fraction of sp³-hybridized carbons (Fsp3) is 0.421. The van der Waals surface area contributed by atoms with E-state index in [1.807, 2.05) is 13.1 Å². The number of halogens is 1. The summed E-state index contributed by atoms with van der Waals surface area (Å²) in [5.41, 5.74) is 1.19. The van der Waals surface area contributed by atoms with Crippen LogP contribution in [0.1, 0.15) is 30.5 Å². The summed E-state index contributed by atoms with van der Waals surface area (Å²) in [6.45, 7) is 2.99. The zero-order valence-electron chi connectivity index (χ0n) is 15.3. The number of aromatic nitrogens is 2. The third kappa shape index (κ3) is 3.85. The monoisotopic (exact) mass is 374 g/mol. The maximum atomic E-state index is 14.4. The van der Waals surface area contributed by atoms with Gasteiger partial charge >= 0.3 is 5.97 Å². The number of aliphatic carboxylic acids is 1. The molecule has 2 heterocycles. The second kappa shape index (κ2) is 7.87. The van der Waals surface area contributed by atoms with Gasteiger partial charge in [-0.05, 0) is 26.5 Å². The molecule has 2 N–H and O–H groups in total. The molecule has 0 radical (unpaired) electrons.